The molecular formula is C6H11NO5. The van der Waals surface area contributed by atoms with Crippen molar-refractivity contribution in [2.24, 2.45) is 0 Å². The molecule has 0 aromatic heterocycles. The predicted octanol–water partition coefficient (Wildman–Crippen LogP) is -3.05. The van der Waals surface area contributed by atoms with Crippen LogP contribution in [0.4, 0.5) is 0 Å². The lowest BCUT2D eigenvalue weighted by Gasteiger charge is -2.21. The molecule has 0 heterocycles. The molecule has 0 bridgehead atoms. The Bertz CT molecular complexity index is 168. The lowest BCUT2D eigenvalue weighted by atomic mass is 10.0. The maximum absolute atomic E-state index is 8.92. The second kappa shape index (κ2) is 5.03. The van der Waals surface area contributed by atoms with Gasteiger partial charge in [0.15, 0.2) is 6.10 Å². The van der Waals surface area contributed by atoms with Crippen molar-refractivity contribution in [1.29, 1.82) is 5.26 Å². The minimum absolute atomic E-state index is 0.754. The number of nitriles is 1. The molecule has 1 unspecified atom stereocenters. The van der Waals surface area contributed by atoms with E-state index >= 15 is 0 Å². The molecule has 6 heteroatoms. The summed E-state index contributed by atoms with van der Waals surface area (Å²) in [6.07, 6.45) is -6.86. The zero-order valence-corrected chi connectivity index (χ0v) is 6.20. The summed E-state index contributed by atoms with van der Waals surface area (Å²) < 4.78 is 0. The first-order chi connectivity index (χ1) is 5.54. The van der Waals surface area contributed by atoms with E-state index in [1.165, 1.54) is 6.07 Å². The van der Waals surface area contributed by atoms with E-state index in [9.17, 15) is 0 Å². The number of aliphatic hydroxyl groups is 5. The molecule has 6 nitrogen and oxygen atoms in total. The molecule has 0 saturated heterocycles. The van der Waals surface area contributed by atoms with Gasteiger partial charge in [-0.1, -0.05) is 0 Å². The van der Waals surface area contributed by atoms with Crippen LogP contribution in [0.1, 0.15) is 0 Å². The number of nitrogens with zero attached hydrogens (tertiary/aromatic N) is 1. The van der Waals surface area contributed by atoms with E-state index in [0.717, 1.165) is 0 Å². The van der Waals surface area contributed by atoms with Crippen LogP contribution < -0.4 is 0 Å². The van der Waals surface area contributed by atoms with Crippen molar-refractivity contribution in [2.75, 3.05) is 6.61 Å². The summed E-state index contributed by atoms with van der Waals surface area (Å²) in [6.45, 7) is -0.754. The van der Waals surface area contributed by atoms with E-state index in [-0.39, 0.29) is 0 Å². The smallest absolute Gasteiger partial charge is 0.168 e. The van der Waals surface area contributed by atoms with E-state index in [2.05, 4.69) is 0 Å². The van der Waals surface area contributed by atoms with Gasteiger partial charge in [-0.05, 0) is 0 Å². The number of hydrogen-bond acceptors (Lipinski definition) is 6. The highest BCUT2D eigenvalue weighted by molar-refractivity contribution is 4.93. The van der Waals surface area contributed by atoms with Gasteiger partial charge in [0.2, 0.25) is 0 Å². The normalized spacial score (nSPS) is 20.7. The second-order valence-corrected chi connectivity index (χ2v) is 2.31. The van der Waals surface area contributed by atoms with Gasteiger partial charge in [0.1, 0.15) is 18.3 Å². The lowest BCUT2D eigenvalue weighted by Crippen LogP contribution is -2.45. The molecule has 70 valence electrons. The highest BCUT2D eigenvalue weighted by Gasteiger charge is 2.29. The molecule has 0 aromatic rings. The van der Waals surface area contributed by atoms with Crippen molar-refractivity contribution in [3.8, 4) is 6.07 Å². The third-order valence-corrected chi connectivity index (χ3v) is 1.39. The maximum atomic E-state index is 8.92. The molecule has 0 rings (SSSR count). The van der Waals surface area contributed by atoms with Gasteiger partial charge in [-0.2, -0.15) is 5.26 Å². The van der Waals surface area contributed by atoms with Crippen LogP contribution in [0.5, 0.6) is 0 Å². The first-order valence-corrected chi connectivity index (χ1v) is 3.27. The number of aliphatic hydroxyl groups excluding tert-OH is 5. The Morgan fingerprint density at radius 3 is 1.92 bits per heavy atom. The van der Waals surface area contributed by atoms with E-state index in [0.29, 0.717) is 0 Å². The summed E-state index contributed by atoms with van der Waals surface area (Å²) in [4.78, 5) is 0. The monoisotopic (exact) mass is 177 g/mol. The van der Waals surface area contributed by atoms with Crippen molar-refractivity contribution >= 4 is 0 Å². The largest absolute Gasteiger partial charge is 0.394 e. The second-order valence-electron chi connectivity index (χ2n) is 2.31. The van der Waals surface area contributed by atoms with Crippen LogP contribution in [0.3, 0.4) is 0 Å². The molecule has 12 heavy (non-hydrogen) atoms. The van der Waals surface area contributed by atoms with Gasteiger partial charge in [0.25, 0.3) is 0 Å². The summed E-state index contributed by atoms with van der Waals surface area (Å²) in [6, 6.07) is 1.28. The highest BCUT2D eigenvalue weighted by atomic mass is 16.4. The summed E-state index contributed by atoms with van der Waals surface area (Å²) in [7, 11) is 0. The number of hydrogen-bond donors (Lipinski definition) is 5. The van der Waals surface area contributed by atoms with Crippen LogP contribution in [0.2, 0.25) is 0 Å². The summed E-state index contributed by atoms with van der Waals surface area (Å²) in [5.74, 6) is 0. The summed E-state index contributed by atoms with van der Waals surface area (Å²) in [5.41, 5.74) is 0. The van der Waals surface area contributed by atoms with Crippen molar-refractivity contribution in [3.63, 3.8) is 0 Å². The van der Waals surface area contributed by atoms with E-state index in [1.807, 2.05) is 0 Å². The van der Waals surface area contributed by atoms with Crippen LogP contribution in [-0.2, 0) is 0 Å². The Hall–Kier alpha value is -0.710. The fraction of sp³-hybridized carbons (Fsp3) is 0.833. The Morgan fingerprint density at radius 1 is 1.08 bits per heavy atom. The average Bonchev–Trinajstić information content (AvgIpc) is 2.12. The van der Waals surface area contributed by atoms with Gasteiger partial charge in [0, 0.05) is 0 Å². The van der Waals surface area contributed by atoms with E-state index in [4.69, 9.17) is 30.8 Å². The van der Waals surface area contributed by atoms with Crippen molar-refractivity contribution in [2.45, 2.75) is 24.4 Å². The molecule has 0 aliphatic heterocycles. The van der Waals surface area contributed by atoms with Gasteiger partial charge >= 0.3 is 0 Å². The fourth-order valence-corrected chi connectivity index (χ4v) is 0.599. The van der Waals surface area contributed by atoms with Crippen molar-refractivity contribution < 1.29 is 25.5 Å². The van der Waals surface area contributed by atoms with Gasteiger partial charge in [0.05, 0.1) is 12.7 Å². The molecule has 0 radical (unpaired) electrons. The molecule has 0 aliphatic carbocycles. The third kappa shape index (κ3) is 2.73. The van der Waals surface area contributed by atoms with Gasteiger partial charge in [-0.3, -0.25) is 0 Å². The standard InChI is InChI=1S/C6H11NO5/c7-1-3(9)5(11)6(12)4(10)2-8/h3-6,8-12H,2H2/t3?,4-,5+,6+/m1/s1. The molecule has 0 aromatic carbocycles. The topological polar surface area (TPSA) is 125 Å². The van der Waals surface area contributed by atoms with Crippen LogP contribution in [0.25, 0.3) is 0 Å². The van der Waals surface area contributed by atoms with Crippen molar-refractivity contribution in [1.82, 2.24) is 0 Å². The first kappa shape index (κ1) is 11.3. The quantitative estimate of drug-likeness (QED) is 0.290. The van der Waals surface area contributed by atoms with E-state index in [1.54, 1.807) is 0 Å². The minimum Gasteiger partial charge on any atom is -0.394 e. The highest BCUT2D eigenvalue weighted by Crippen LogP contribution is 2.03. The van der Waals surface area contributed by atoms with Gasteiger partial charge in [-0.15, -0.1) is 0 Å². The average molecular weight is 177 g/mol. The molecule has 0 saturated carbocycles. The van der Waals surface area contributed by atoms with Crippen LogP contribution >= 0.6 is 0 Å². The zero-order valence-electron chi connectivity index (χ0n) is 6.20. The summed E-state index contributed by atoms with van der Waals surface area (Å²) in [5, 5.41) is 51.7. The maximum Gasteiger partial charge on any atom is 0.168 e. The molecule has 0 fully saturated rings. The molecule has 0 spiro atoms. The fourth-order valence-electron chi connectivity index (χ4n) is 0.599. The van der Waals surface area contributed by atoms with E-state index < -0.39 is 31.0 Å². The van der Waals surface area contributed by atoms with Crippen LogP contribution in [-0.4, -0.2) is 56.6 Å². The molecule has 5 N–H and O–H groups in total. The van der Waals surface area contributed by atoms with Gasteiger partial charge < -0.3 is 25.5 Å². The third-order valence-electron chi connectivity index (χ3n) is 1.39. The molecule has 0 amide bonds. The molecule has 4 atom stereocenters. The molecule has 0 aliphatic rings. The van der Waals surface area contributed by atoms with Gasteiger partial charge in [-0.25, -0.2) is 0 Å². The Kier molecular flexibility index (Phi) is 4.73. The Labute approximate surface area is 68.9 Å². The Morgan fingerprint density at radius 2 is 1.58 bits per heavy atom. The predicted molar refractivity (Wildman–Crippen MR) is 36.7 cm³/mol. The zero-order chi connectivity index (χ0) is 9.72. The van der Waals surface area contributed by atoms with Crippen molar-refractivity contribution in [3.05, 3.63) is 0 Å². The summed E-state index contributed by atoms with van der Waals surface area (Å²) >= 11 is 0. The van der Waals surface area contributed by atoms with Crippen LogP contribution in [0.15, 0.2) is 0 Å². The van der Waals surface area contributed by atoms with Crippen LogP contribution in [0, 0.1) is 11.3 Å². The Balaban J connectivity index is 4.10. The first-order valence-electron chi connectivity index (χ1n) is 3.27. The SMILES string of the molecule is N#CC(O)[C@H](O)[C@@H](O)[C@H](O)CO. The lowest BCUT2D eigenvalue weighted by molar-refractivity contribution is -0.103. The minimum atomic E-state index is -1.78. The molecular weight excluding hydrogens is 166 g/mol. The number of rotatable bonds is 4.